The van der Waals surface area contributed by atoms with E-state index in [-0.39, 0.29) is 0 Å². The molecular formula is C9H19Cl2N2OP. The van der Waals surface area contributed by atoms with Crippen molar-refractivity contribution in [1.29, 1.82) is 0 Å². The Bertz CT molecular complexity index is 226. The molecule has 0 spiro atoms. The molecule has 0 saturated carbocycles. The molecule has 0 radical (unpaired) electrons. The third kappa shape index (κ3) is 4.24. The van der Waals surface area contributed by atoms with E-state index in [0.717, 1.165) is 38.5 Å². The van der Waals surface area contributed by atoms with Crippen LogP contribution in [0.25, 0.3) is 0 Å². The van der Waals surface area contributed by atoms with Crippen LogP contribution in [0, 0.1) is 0 Å². The Kier molecular flexibility index (Phi) is 6.56. The van der Waals surface area contributed by atoms with E-state index in [1.54, 1.807) is 0 Å². The van der Waals surface area contributed by atoms with Gasteiger partial charge in [-0.15, -0.1) is 23.2 Å². The van der Waals surface area contributed by atoms with Crippen LogP contribution in [-0.4, -0.2) is 42.2 Å². The first-order chi connectivity index (χ1) is 7.23. The summed E-state index contributed by atoms with van der Waals surface area (Å²) >= 11 is 11.3. The number of nitrogens with one attached hydrogen (secondary N) is 1. The summed E-state index contributed by atoms with van der Waals surface area (Å²) in [6.07, 6.45) is 3.80. The van der Waals surface area contributed by atoms with E-state index in [1.165, 1.54) is 0 Å². The van der Waals surface area contributed by atoms with Crippen LogP contribution >= 0.6 is 30.6 Å². The van der Waals surface area contributed by atoms with Crippen molar-refractivity contribution in [3.05, 3.63) is 0 Å². The molecule has 1 unspecified atom stereocenters. The molecular weight excluding hydrogens is 254 g/mol. The average Bonchev–Trinajstić information content (AvgIpc) is 2.22. The minimum Gasteiger partial charge on any atom is -0.289 e. The minimum atomic E-state index is -2.33. The Hall–Kier alpha value is 0.730. The predicted octanol–water partition coefficient (Wildman–Crippen LogP) is 2.73. The molecule has 15 heavy (non-hydrogen) atoms. The molecule has 1 aliphatic rings. The van der Waals surface area contributed by atoms with Gasteiger partial charge in [0.25, 0.3) is 0 Å². The summed E-state index contributed by atoms with van der Waals surface area (Å²) in [5, 5.41) is 3.17. The molecule has 1 heterocycles. The van der Waals surface area contributed by atoms with E-state index in [2.05, 4.69) is 5.09 Å². The van der Waals surface area contributed by atoms with Gasteiger partial charge in [-0.3, -0.25) is 9.65 Å². The molecule has 1 saturated heterocycles. The second kappa shape index (κ2) is 7.13. The fourth-order valence-electron chi connectivity index (χ4n) is 1.79. The summed E-state index contributed by atoms with van der Waals surface area (Å²) in [6.45, 7) is 2.35. The second-order valence-corrected chi connectivity index (χ2v) is 7.21. The quantitative estimate of drug-likeness (QED) is 0.459. The first-order valence-corrected chi connectivity index (χ1v) is 8.36. The predicted molar refractivity (Wildman–Crippen MR) is 67.3 cm³/mol. The molecule has 1 rings (SSSR count). The molecule has 0 aromatic carbocycles. The Labute approximate surface area is 102 Å². The number of hydrogen-bond acceptors (Lipinski definition) is 1. The zero-order chi connectivity index (χ0) is 11.1. The van der Waals surface area contributed by atoms with Crippen molar-refractivity contribution < 1.29 is 4.57 Å². The lowest BCUT2D eigenvalue weighted by molar-refractivity contribution is 0.387. The molecule has 1 aliphatic heterocycles. The van der Waals surface area contributed by atoms with Crippen LogP contribution in [0.15, 0.2) is 0 Å². The van der Waals surface area contributed by atoms with Crippen molar-refractivity contribution in [3.8, 4) is 0 Å². The molecule has 0 aliphatic carbocycles. The first-order valence-electron chi connectivity index (χ1n) is 5.44. The lowest BCUT2D eigenvalue weighted by atomic mass is 10.3. The van der Waals surface area contributed by atoms with Gasteiger partial charge < -0.3 is 0 Å². The lowest BCUT2D eigenvalue weighted by Gasteiger charge is -2.35. The third-order valence-electron chi connectivity index (χ3n) is 2.60. The zero-order valence-electron chi connectivity index (χ0n) is 8.92. The van der Waals surface area contributed by atoms with Gasteiger partial charge in [0.15, 0.2) is 0 Å². The molecule has 0 amide bonds. The summed E-state index contributed by atoms with van der Waals surface area (Å²) < 4.78 is 14.6. The van der Waals surface area contributed by atoms with Crippen LogP contribution in [0.5, 0.6) is 0 Å². The standard InChI is InChI=1S/C9H19Cl2N2OP/c10-4-3-6-12-15(14)9-2-1-7-13(15)8-5-11/h1-9H2,(H,12,14). The summed E-state index contributed by atoms with van der Waals surface area (Å²) in [6, 6.07) is 0. The monoisotopic (exact) mass is 272 g/mol. The fraction of sp³-hybridized carbons (Fsp3) is 1.00. The van der Waals surface area contributed by atoms with E-state index < -0.39 is 7.44 Å². The number of hydrogen-bond donors (Lipinski definition) is 1. The van der Waals surface area contributed by atoms with Gasteiger partial charge in [-0.2, -0.15) is 0 Å². The normalized spacial score (nSPS) is 28.1. The van der Waals surface area contributed by atoms with Crippen LogP contribution in [0.3, 0.4) is 0 Å². The maximum Gasteiger partial charge on any atom is 0.213 e. The largest absolute Gasteiger partial charge is 0.289 e. The van der Waals surface area contributed by atoms with Gasteiger partial charge in [-0.25, -0.2) is 4.67 Å². The summed E-state index contributed by atoms with van der Waals surface area (Å²) in [5.74, 6) is 1.16. The first kappa shape index (κ1) is 13.8. The van der Waals surface area contributed by atoms with E-state index in [9.17, 15) is 4.57 Å². The van der Waals surface area contributed by atoms with Crippen molar-refractivity contribution >= 4 is 30.6 Å². The molecule has 1 fully saturated rings. The smallest absolute Gasteiger partial charge is 0.213 e. The van der Waals surface area contributed by atoms with Crippen molar-refractivity contribution in [1.82, 2.24) is 9.76 Å². The van der Waals surface area contributed by atoms with Gasteiger partial charge in [0, 0.05) is 37.6 Å². The van der Waals surface area contributed by atoms with Gasteiger partial charge in [0.05, 0.1) is 0 Å². The Morgan fingerprint density at radius 2 is 2.07 bits per heavy atom. The third-order valence-corrected chi connectivity index (χ3v) is 5.99. The number of rotatable bonds is 6. The van der Waals surface area contributed by atoms with Gasteiger partial charge in [-0.1, -0.05) is 0 Å². The van der Waals surface area contributed by atoms with Gasteiger partial charge in [0.1, 0.15) is 0 Å². The maximum atomic E-state index is 12.5. The molecule has 6 heteroatoms. The highest BCUT2D eigenvalue weighted by Gasteiger charge is 2.31. The summed E-state index contributed by atoms with van der Waals surface area (Å²) in [7, 11) is -2.33. The van der Waals surface area contributed by atoms with Crippen molar-refractivity contribution in [2.45, 2.75) is 19.3 Å². The lowest BCUT2D eigenvalue weighted by Crippen LogP contribution is -2.35. The topological polar surface area (TPSA) is 32.3 Å². The van der Waals surface area contributed by atoms with E-state index in [4.69, 9.17) is 23.2 Å². The minimum absolute atomic E-state index is 0.543. The zero-order valence-corrected chi connectivity index (χ0v) is 11.3. The van der Waals surface area contributed by atoms with Crippen molar-refractivity contribution in [3.63, 3.8) is 0 Å². The average molecular weight is 273 g/mol. The molecule has 0 aromatic heterocycles. The molecule has 1 N–H and O–H groups in total. The molecule has 0 aromatic rings. The molecule has 90 valence electrons. The van der Waals surface area contributed by atoms with Crippen LogP contribution in [0.4, 0.5) is 0 Å². The Morgan fingerprint density at radius 1 is 1.27 bits per heavy atom. The SMILES string of the molecule is O=P1(NCCCCl)CCCCN1CCCl. The highest BCUT2D eigenvalue weighted by atomic mass is 35.5. The fourth-order valence-corrected chi connectivity index (χ4v) is 4.94. The van der Waals surface area contributed by atoms with Gasteiger partial charge >= 0.3 is 0 Å². The van der Waals surface area contributed by atoms with Gasteiger partial charge in [-0.05, 0) is 19.3 Å². The molecule has 0 bridgehead atoms. The Balaban J connectivity index is 2.48. The van der Waals surface area contributed by atoms with Crippen molar-refractivity contribution in [2.75, 3.05) is 37.6 Å². The van der Waals surface area contributed by atoms with Crippen molar-refractivity contribution in [2.24, 2.45) is 0 Å². The number of halogens is 2. The Morgan fingerprint density at radius 3 is 2.73 bits per heavy atom. The van der Waals surface area contributed by atoms with Gasteiger partial charge in [0.2, 0.25) is 7.44 Å². The summed E-state index contributed by atoms with van der Waals surface area (Å²) in [4.78, 5) is 0. The molecule has 1 atom stereocenters. The van der Waals surface area contributed by atoms with Crippen LogP contribution in [0.2, 0.25) is 0 Å². The van der Waals surface area contributed by atoms with E-state index >= 15 is 0 Å². The highest BCUT2D eigenvalue weighted by molar-refractivity contribution is 7.59. The molecule has 3 nitrogen and oxygen atoms in total. The van der Waals surface area contributed by atoms with Crippen LogP contribution < -0.4 is 5.09 Å². The van der Waals surface area contributed by atoms with Crippen LogP contribution in [-0.2, 0) is 4.57 Å². The second-order valence-electron chi connectivity index (χ2n) is 3.73. The summed E-state index contributed by atoms with van der Waals surface area (Å²) in [5.41, 5.74) is 0. The van der Waals surface area contributed by atoms with E-state index in [0.29, 0.717) is 18.3 Å². The number of nitrogens with zero attached hydrogens (tertiary/aromatic N) is 1. The van der Waals surface area contributed by atoms with E-state index in [1.807, 2.05) is 4.67 Å². The van der Waals surface area contributed by atoms with Crippen LogP contribution in [0.1, 0.15) is 19.3 Å². The number of alkyl halides is 2. The highest BCUT2D eigenvalue weighted by Crippen LogP contribution is 2.48. The maximum absolute atomic E-state index is 12.5.